The molecule has 7 nitrogen and oxygen atoms in total. The Hall–Kier alpha value is -2.50. The number of carbonyl (C=O) groups is 2. The fourth-order valence-corrected chi connectivity index (χ4v) is 7.64. The molecule has 0 aromatic heterocycles. The minimum absolute atomic E-state index is 0.0733. The zero-order chi connectivity index (χ0) is 29.9. The highest BCUT2D eigenvalue weighted by Gasteiger charge is 2.45. The lowest BCUT2D eigenvalue weighted by atomic mass is 9.88. The number of nitrogens with one attached hydrogen (secondary N) is 1. The molecule has 1 heterocycles. The summed E-state index contributed by atoms with van der Waals surface area (Å²) in [5.41, 5.74) is 7.09. The molecule has 0 fully saturated rings. The van der Waals surface area contributed by atoms with Crippen LogP contribution in [0, 0.1) is 5.92 Å². The van der Waals surface area contributed by atoms with Crippen molar-refractivity contribution in [2.24, 2.45) is 11.7 Å². The van der Waals surface area contributed by atoms with E-state index in [4.69, 9.17) is 17.3 Å². The van der Waals surface area contributed by atoms with Crippen molar-refractivity contribution >= 4 is 65.3 Å². The van der Waals surface area contributed by atoms with Gasteiger partial charge in [-0.1, -0.05) is 87.6 Å². The van der Waals surface area contributed by atoms with Gasteiger partial charge in [0.15, 0.2) is 0 Å². The van der Waals surface area contributed by atoms with E-state index >= 15 is 0 Å². The minimum atomic E-state index is -4.19. The van der Waals surface area contributed by atoms with Crippen LogP contribution in [-0.4, -0.2) is 30.6 Å². The molecule has 3 aromatic rings. The van der Waals surface area contributed by atoms with Crippen molar-refractivity contribution < 1.29 is 18.0 Å². The smallest absolute Gasteiger partial charge is 0.249 e. The van der Waals surface area contributed by atoms with Gasteiger partial charge in [-0.3, -0.25) is 9.59 Å². The molecule has 41 heavy (non-hydrogen) atoms. The summed E-state index contributed by atoms with van der Waals surface area (Å²) in [5.74, 6) is -1.12. The largest absolute Gasteiger partial charge is 0.368 e. The van der Waals surface area contributed by atoms with Gasteiger partial charge in [0.05, 0.1) is 17.0 Å². The molecule has 3 aromatic carbocycles. The molecule has 0 spiro atoms. The van der Waals surface area contributed by atoms with Gasteiger partial charge in [-0.15, -0.1) is 0 Å². The van der Waals surface area contributed by atoms with Crippen LogP contribution < -0.4 is 11.1 Å². The number of primary amides is 1. The Labute approximate surface area is 262 Å². The number of hydrogen-bond acceptors (Lipinski definition) is 4. The Morgan fingerprint density at radius 2 is 1.66 bits per heavy atom. The predicted molar refractivity (Wildman–Crippen MR) is 168 cm³/mol. The third kappa shape index (κ3) is 7.29. The Kier molecular flexibility index (Phi) is 10.1. The van der Waals surface area contributed by atoms with E-state index in [1.807, 2.05) is 26.0 Å². The van der Waals surface area contributed by atoms with Crippen molar-refractivity contribution in [1.82, 2.24) is 9.62 Å². The number of halogens is 3. The molecule has 0 radical (unpaired) electrons. The Morgan fingerprint density at radius 3 is 2.27 bits per heavy atom. The normalized spacial score (nSPS) is 18.5. The van der Waals surface area contributed by atoms with Crippen LogP contribution >= 0.6 is 43.5 Å². The summed E-state index contributed by atoms with van der Waals surface area (Å²) in [6, 6.07) is 18.0. The van der Waals surface area contributed by atoms with E-state index < -0.39 is 40.0 Å². The maximum Gasteiger partial charge on any atom is 0.249 e. The number of nitrogens with zero attached hydrogens (tertiary/aromatic N) is 1. The summed E-state index contributed by atoms with van der Waals surface area (Å²) in [5, 5.41) is 3.24. The maximum atomic E-state index is 14.5. The van der Waals surface area contributed by atoms with Crippen LogP contribution in [0.15, 0.2) is 98.3 Å². The fourth-order valence-electron chi connectivity index (χ4n) is 4.98. The lowest BCUT2D eigenvalue weighted by Crippen LogP contribution is -2.49. The molecule has 3 atom stereocenters. The summed E-state index contributed by atoms with van der Waals surface area (Å²) in [7, 11) is -4.19. The first kappa shape index (κ1) is 31.4. The molecule has 0 saturated heterocycles. The molecule has 2 amide bonds. The second-order valence-corrected chi connectivity index (χ2v) is 14.4. The average molecular weight is 724 g/mol. The van der Waals surface area contributed by atoms with Crippen molar-refractivity contribution in [2.75, 3.05) is 0 Å². The molecule has 0 bridgehead atoms. The zero-order valence-electron chi connectivity index (χ0n) is 22.4. The summed E-state index contributed by atoms with van der Waals surface area (Å²) in [6.45, 7) is 3.85. The Bertz CT molecular complexity index is 1580. The quantitative estimate of drug-likeness (QED) is 0.257. The van der Waals surface area contributed by atoms with Crippen LogP contribution in [0.25, 0.3) is 0 Å². The molecule has 11 heteroatoms. The van der Waals surface area contributed by atoms with Crippen molar-refractivity contribution in [3.05, 3.63) is 110 Å². The number of hydrogen-bond donors (Lipinski definition) is 2. The number of carbonyl (C=O) groups excluding carboxylic acids is 2. The van der Waals surface area contributed by atoms with Gasteiger partial charge < -0.3 is 11.1 Å². The second kappa shape index (κ2) is 13.2. The molecule has 1 aliphatic heterocycles. The fraction of sp³-hybridized carbons (Fsp3) is 0.267. The average Bonchev–Trinajstić information content (AvgIpc) is 2.91. The predicted octanol–water partition coefficient (Wildman–Crippen LogP) is 6.68. The highest BCUT2D eigenvalue weighted by atomic mass is 79.9. The third-order valence-electron chi connectivity index (χ3n) is 6.82. The lowest BCUT2D eigenvalue weighted by molar-refractivity contribution is -0.126. The number of amides is 2. The standard InChI is InChI=1S/C30H30Br2ClN3O4S/c1-18(2)15-26(29(34)37)35-30(38)25-13-14-27(19-5-4-8-23(33)17-19)36(28(25)20-6-3-7-22(32)16-20)41(39,40)24-11-9-21(31)10-12-24/h3-13,16-18,26-28H,14-15H2,1-2H3,(H2,34,37)(H,35,38)/t26-,27-,28?/m0/s1. The first-order chi connectivity index (χ1) is 19.4. The van der Waals surface area contributed by atoms with Gasteiger partial charge in [0.25, 0.3) is 0 Å². The molecule has 0 aliphatic carbocycles. The highest BCUT2D eigenvalue weighted by Crippen LogP contribution is 2.46. The van der Waals surface area contributed by atoms with Gasteiger partial charge in [0, 0.05) is 19.5 Å². The van der Waals surface area contributed by atoms with E-state index in [1.165, 1.54) is 16.4 Å². The van der Waals surface area contributed by atoms with Gasteiger partial charge in [0.2, 0.25) is 21.8 Å². The van der Waals surface area contributed by atoms with Gasteiger partial charge in [-0.2, -0.15) is 4.31 Å². The second-order valence-electron chi connectivity index (χ2n) is 10.3. The number of benzene rings is 3. The summed E-state index contributed by atoms with van der Waals surface area (Å²) >= 11 is 13.2. The van der Waals surface area contributed by atoms with Crippen LogP contribution in [0.3, 0.4) is 0 Å². The molecule has 3 N–H and O–H groups in total. The van der Waals surface area contributed by atoms with Gasteiger partial charge in [-0.05, 0) is 78.4 Å². The molecular weight excluding hydrogens is 694 g/mol. The molecule has 1 unspecified atom stereocenters. The first-order valence-corrected chi connectivity index (χ1v) is 16.4. The van der Waals surface area contributed by atoms with Crippen LogP contribution in [0.5, 0.6) is 0 Å². The summed E-state index contributed by atoms with van der Waals surface area (Å²) in [4.78, 5) is 26.2. The molecule has 0 saturated carbocycles. The maximum absolute atomic E-state index is 14.5. The van der Waals surface area contributed by atoms with E-state index in [-0.39, 0.29) is 22.8 Å². The van der Waals surface area contributed by atoms with E-state index in [1.54, 1.807) is 54.6 Å². The van der Waals surface area contributed by atoms with E-state index in [2.05, 4.69) is 37.2 Å². The minimum Gasteiger partial charge on any atom is -0.368 e. The van der Waals surface area contributed by atoms with Crippen molar-refractivity contribution in [1.29, 1.82) is 0 Å². The van der Waals surface area contributed by atoms with E-state index in [0.29, 0.717) is 22.6 Å². The SMILES string of the molecule is CC(C)C[C@H](NC(=O)C1=CC[C@@H](c2cccc(Cl)c2)N(S(=O)(=O)c2ccc(Br)cc2)C1c1cccc(Br)c1)C(N)=O. The topological polar surface area (TPSA) is 110 Å². The monoisotopic (exact) mass is 721 g/mol. The first-order valence-electron chi connectivity index (χ1n) is 13.0. The van der Waals surface area contributed by atoms with Gasteiger partial charge in [0.1, 0.15) is 6.04 Å². The van der Waals surface area contributed by atoms with Gasteiger partial charge >= 0.3 is 0 Å². The molecule has 216 valence electrons. The van der Waals surface area contributed by atoms with E-state index in [9.17, 15) is 18.0 Å². The lowest BCUT2D eigenvalue weighted by Gasteiger charge is -2.41. The van der Waals surface area contributed by atoms with Crippen molar-refractivity contribution in [3.8, 4) is 0 Å². The van der Waals surface area contributed by atoms with E-state index in [0.717, 1.165) is 8.95 Å². The zero-order valence-corrected chi connectivity index (χ0v) is 27.2. The molecule has 4 rings (SSSR count). The van der Waals surface area contributed by atoms with Gasteiger partial charge in [-0.25, -0.2) is 8.42 Å². The molecular formula is C30H30Br2ClN3O4S. The Balaban J connectivity index is 1.93. The Morgan fingerprint density at radius 1 is 1.00 bits per heavy atom. The van der Waals surface area contributed by atoms with Crippen LogP contribution in [-0.2, 0) is 19.6 Å². The number of rotatable bonds is 9. The van der Waals surface area contributed by atoms with Crippen molar-refractivity contribution in [2.45, 2.75) is 49.7 Å². The van der Waals surface area contributed by atoms with Crippen LogP contribution in [0.1, 0.15) is 49.9 Å². The highest BCUT2D eigenvalue weighted by molar-refractivity contribution is 9.10. The summed E-state index contributed by atoms with van der Waals surface area (Å²) in [6.07, 6.45) is 2.30. The third-order valence-corrected chi connectivity index (χ3v) is 9.97. The number of nitrogens with two attached hydrogens (primary N) is 1. The van der Waals surface area contributed by atoms with Crippen LogP contribution in [0.4, 0.5) is 0 Å². The summed E-state index contributed by atoms with van der Waals surface area (Å²) < 4.78 is 31.8. The number of sulfonamides is 1. The molecule has 1 aliphatic rings. The van der Waals surface area contributed by atoms with Crippen molar-refractivity contribution in [3.63, 3.8) is 0 Å². The van der Waals surface area contributed by atoms with Crippen LogP contribution in [0.2, 0.25) is 5.02 Å².